The third-order valence-corrected chi connectivity index (χ3v) is 8.38. The monoisotopic (exact) mass is 645 g/mol. The van der Waals surface area contributed by atoms with Gasteiger partial charge in [-0.2, -0.15) is 0 Å². The zero-order valence-electron chi connectivity index (χ0n) is 26.7. The second-order valence-corrected chi connectivity index (χ2v) is 12.0. The number of unbranched alkanes of at least 4 members (excludes halogenated alkanes) is 5. The molecule has 0 bridgehead atoms. The van der Waals surface area contributed by atoms with Crippen molar-refractivity contribution in [3.63, 3.8) is 0 Å². The van der Waals surface area contributed by atoms with Crippen molar-refractivity contribution < 1.29 is 34.1 Å². The summed E-state index contributed by atoms with van der Waals surface area (Å²) in [6.45, 7) is 7.51. The Morgan fingerprint density at radius 3 is 2.36 bits per heavy atom. The maximum absolute atomic E-state index is 11.2. The second kappa shape index (κ2) is 22.3. The van der Waals surface area contributed by atoms with Crippen LogP contribution in [0.2, 0.25) is 0 Å². The lowest BCUT2D eigenvalue weighted by Gasteiger charge is -2.30. The number of carboxylic acids is 2. The molecule has 0 saturated carbocycles. The van der Waals surface area contributed by atoms with E-state index in [2.05, 4.69) is 41.4 Å². The number of thioether (sulfide) groups is 1. The van der Waals surface area contributed by atoms with Gasteiger partial charge >= 0.3 is 11.9 Å². The number of anilines is 1. The molecule has 0 aliphatic carbocycles. The summed E-state index contributed by atoms with van der Waals surface area (Å²) in [7, 11) is 0. The van der Waals surface area contributed by atoms with Crippen molar-refractivity contribution in [2.45, 2.75) is 88.7 Å². The van der Waals surface area contributed by atoms with Crippen LogP contribution in [0.25, 0.3) is 0 Å². The molecule has 11 heteroatoms. The Labute approximate surface area is 272 Å². The average molecular weight is 646 g/mol. The van der Waals surface area contributed by atoms with E-state index in [0.717, 1.165) is 43.0 Å². The van der Waals surface area contributed by atoms with Gasteiger partial charge in [-0.15, -0.1) is 11.8 Å². The Balaban J connectivity index is 0.000000344. The first-order valence-corrected chi connectivity index (χ1v) is 17.0. The van der Waals surface area contributed by atoms with Crippen molar-refractivity contribution in [1.82, 2.24) is 5.32 Å². The fourth-order valence-corrected chi connectivity index (χ4v) is 5.92. The first-order valence-electron chi connectivity index (χ1n) is 16.0. The van der Waals surface area contributed by atoms with Gasteiger partial charge in [0.15, 0.2) is 6.10 Å². The van der Waals surface area contributed by atoms with Crippen molar-refractivity contribution in [2.75, 3.05) is 43.5 Å². The van der Waals surface area contributed by atoms with Gasteiger partial charge in [-0.1, -0.05) is 63.3 Å². The van der Waals surface area contributed by atoms with Crippen LogP contribution in [0, 0.1) is 0 Å². The Morgan fingerprint density at radius 1 is 0.978 bits per heavy atom. The number of nitrogens with one attached hydrogen (secondary N) is 1. The van der Waals surface area contributed by atoms with Gasteiger partial charge in [-0.3, -0.25) is 9.59 Å². The smallest absolute Gasteiger partial charge is 0.333 e. The molecule has 5 N–H and O–H groups in total. The largest absolute Gasteiger partial charge is 0.492 e. The number of nitrogens with two attached hydrogens (primary N) is 1. The number of primary amides is 1. The molecule has 1 heterocycles. The summed E-state index contributed by atoms with van der Waals surface area (Å²) < 4.78 is 11.1. The number of aliphatic carboxylic acids is 2. The Bertz CT molecular complexity index is 1150. The van der Waals surface area contributed by atoms with Crippen molar-refractivity contribution in [3.8, 4) is 5.75 Å². The summed E-state index contributed by atoms with van der Waals surface area (Å²) in [5.41, 5.74) is 7.21. The Kier molecular flexibility index (Phi) is 18.8. The van der Waals surface area contributed by atoms with E-state index in [-0.39, 0.29) is 12.8 Å². The van der Waals surface area contributed by atoms with Crippen molar-refractivity contribution in [2.24, 2.45) is 5.73 Å². The summed E-state index contributed by atoms with van der Waals surface area (Å²) in [5.74, 6) is -0.417. The first kappa shape index (κ1) is 37.9. The highest BCUT2D eigenvalue weighted by Gasteiger charge is 2.19. The maximum Gasteiger partial charge on any atom is 0.333 e. The average Bonchev–Trinajstić information content (AvgIpc) is 3.02. The Morgan fingerprint density at radius 2 is 1.69 bits per heavy atom. The summed E-state index contributed by atoms with van der Waals surface area (Å²) in [6.07, 6.45) is 6.97. The van der Waals surface area contributed by atoms with Crippen molar-refractivity contribution >= 4 is 35.3 Å². The molecule has 1 unspecified atom stereocenters. The maximum atomic E-state index is 11.2. The fraction of sp³-hybridized carbons (Fsp3) is 0.559. The van der Waals surface area contributed by atoms with Crippen LogP contribution in [0.1, 0.15) is 70.8 Å². The lowest BCUT2D eigenvalue weighted by atomic mass is 10.1. The highest BCUT2D eigenvalue weighted by atomic mass is 32.2. The molecule has 10 nitrogen and oxygen atoms in total. The zero-order chi connectivity index (χ0) is 32.9. The van der Waals surface area contributed by atoms with E-state index in [0.29, 0.717) is 26.2 Å². The number of carbonyl (C=O) groups is 3. The normalized spacial score (nSPS) is 13.6. The van der Waals surface area contributed by atoms with Crippen LogP contribution in [-0.2, 0) is 25.5 Å². The van der Waals surface area contributed by atoms with Crippen LogP contribution in [0.4, 0.5) is 5.69 Å². The molecule has 250 valence electrons. The number of nitrogens with zero attached hydrogens (tertiary/aromatic N) is 1. The topological polar surface area (TPSA) is 151 Å². The number of benzene rings is 2. The predicted octanol–water partition coefficient (Wildman–Crippen LogP) is 5.37. The predicted molar refractivity (Wildman–Crippen MR) is 179 cm³/mol. The van der Waals surface area contributed by atoms with E-state index >= 15 is 0 Å². The van der Waals surface area contributed by atoms with Gasteiger partial charge in [0.25, 0.3) is 0 Å². The van der Waals surface area contributed by atoms with Crippen molar-refractivity contribution in [3.05, 3.63) is 54.1 Å². The van der Waals surface area contributed by atoms with Gasteiger partial charge in [0.2, 0.25) is 5.91 Å². The van der Waals surface area contributed by atoms with Crippen LogP contribution in [0.5, 0.6) is 5.75 Å². The number of hydrogen-bond donors (Lipinski definition) is 4. The highest BCUT2D eigenvalue weighted by molar-refractivity contribution is 7.99. The van der Waals surface area contributed by atoms with Crippen LogP contribution < -0.4 is 20.7 Å². The quantitative estimate of drug-likeness (QED) is 0.131. The number of amides is 1. The SMILES string of the molecule is CCCCCCCCN[C@@H](CCC(N)=O)C(=O)O.CCOC(Cc1ccc(OCCN2CCSc3ccccc32)cc1)C(=O)O. The van der Waals surface area contributed by atoms with Gasteiger partial charge in [0.05, 0.1) is 12.2 Å². The molecule has 0 saturated heterocycles. The number of rotatable bonds is 21. The fourth-order valence-electron chi connectivity index (χ4n) is 4.87. The van der Waals surface area contributed by atoms with Gasteiger partial charge in [-0.25, -0.2) is 4.79 Å². The van der Waals surface area contributed by atoms with Gasteiger partial charge < -0.3 is 35.6 Å². The van der Waals surface area contributed by atoms with Gasteiger partial charge in [-0.05, 0) is 56.1 Å². The molecule has 0 aromatic heterocycles. The lowest BCUT2D eigenvalue weighted by Crippen LogP contribution is -2.38. The van der Waals surface area contributed by atoms with E-state index < -0.39 is 30.0 Å². The number of carbonyl (C=O) groups excluding carboxylic acids is 1. The molecule has 3 rings (SSSR count). The number of carboxylic acid groups (broad SMARTS) is 2. The van der Waals surface area contributed by atoms with Gasteiger partial charge in [0, 0.05) is 36.6 Å². The van der Waals surface area contributed by atoms with Crippen LogP contribution >= 0.6 is 11.8 Å². The number of hydrogen-bond acceptors (Lipinski definition) is 8. The van der Waals surface area contributed by atoms with Crippen molar-refractivity contribution in [1.29, 1.82) is 0 Å². The van der Waals surface area contributed by atoms with Crippen LogP contribution in [0.15, 0.2) is 53.4 Å². The molecular weight excluding hydrogens is 594 g/mol. The molecule has 2 atom stereocenters. The second-order valence-electron chi connectivity index (χ2n) is 10.9. The molecule has 0 spiro atoms. The minimum absolute atomic E-state index is 0.112. The summed E-state index contributed by atoms with van der Waals surface area (Å²) in [5, 5.41) is 21.1. The number of para-hydroxylation sites is 1. The third-order valence-electron chi connectivity index (χ3n) is 7.34. The van der Waals surface area contributed by atoms with Crippen LogP contribution in [0.3, 0.4) is 0 Å². The molecule has 2 aromatic rings. The van der Waals surface area contributed by atoms with E-state index in [4.69, 9.17) is 20.3 Å². The minimum atomic E-state index is -0.933. The molecular formula is C34H51N3O7S. The van der Waals surface area contributed by atoms with E-state index in [1.54, 1.807) is 6.92 Å². The summed E-state index contributed by atoms with van der Waals surface area (Å²) >= 11 is 1.90. The minimum Gasteiger partial charge on any atom is -0.492 e. The van der Waals surface area contributed by atoms with E-state index in [9.17, 15) is 19.5 Å². The third kappa shape index (κ3) is 15.5. The molecule has 2 aromatic carbocycles. The highest BCUT2D eigenvalue weighted by Crippen LogP contribution is 2.34. The standard InChI is InChI=1S/C21H25NO4S.C13H26N2O3/c1-2-25-19(21(23)24)15-16-7-9-17(10-8-16)26-13-11-22-12-14-27-20-6-4-3-5-18(20)22;1-2-3-4-5-6-7-10-15-11(13(17)18)8-9-12(14)16/h3-10,19H,2,11-15H2,1H3,(H,23,24);11,15H,2-10H2,1H3,(H2,14,16)(H,17,18)/t;11-/m.0/s1. The molecule has 1 aliphatic heterocycles. The van der Waals surface area contributed by atoms with Crippen LogP contribution in [-0.4, -0.2) is 78.8 Å². The summed E-state index contributed by atoms with van der Waals surface area (Å²) in [6, 6.07) is 15.4. The van der Waals surface area contributed by atoms with E-state index in [1.807, 2.05) is 36.0 Å². The number of ether oxygens (including phenoxy) is 2. The molecule has 0 radical (unpaired) electrons. The first-order chi connectivity index (χ1) is 21.7. The zero-order valence-corrected chi connectivity index (χ0v) is 27.6. The van der Waals surface area contributed by atoms with Gasteiger partial charge in [0.1, 0.15) is 18.4 Å². The lowest BCUT2D eigenvalue weighted by molar-refractivity contribution is -0.150. The summed E-state index contributed by atoms with van der Waals surface area (Å²) in [4.78, 5) is 36.4. The Hall–Kier alpha value is -3.28. The molecule has 1 amide bonds. The molecule has 1 aliphatic rings. The van der Waals surface area contributed by atoms with E-state index in [1.165, 1.54) is 36.3 Å². The molecule has 0 fully saturated rings. The molecule has 45 heavy (non-hydrogen) atoms. The number of fused-ring (bicyclic) bond motifs is 1.